The van der Waals surface area contributed by atoms with Crippen LogP contribution in [0.15, 0.2) is 18.2 Å². The molecule has 0 bridgehead atoms. The summed E-state index contributed by atoms with van der Waals surface area (Å²) in [5, 5.41) is 11.6. The molecular formula is C15H21NO4. The van der Waals surface area contributed by atoms with Gasteiger partial charge >= 0.3 is 5.97 Å². The number of carboxylic acid groups (broad SMARTS) is 1. The van der Waals surface area contributed by atoms with E-state index in [1.807, 2.05) is 32.0 Å². The molecule has 0 aliphatic carbocycles. The Bertz CT molecular complexity index is 513. The zero-order chi connectivity index (χ0) is 15.3. The van der Waals surface area contributed by atoms with Gasteiger partial charge in [-0.3, -0.25) is 4.79 Å². The summed E-state index contributed by atoms with van der Waals surface area (Å²) < 4.78 is 5.44. The largest absolute Gasteiger partial charge is 0.483 e. The molecular weight excluding hydrogens is 258 g/mol. The van der Waals surface area contributed by atoms with Gasteiger partial charge in [-0.25, -0.2) is 4.79 Å². The molecule has 0 fully saturated rings. The minimum atomic E-state index is -1.26. The van der Waals surface area contributed by atoms with Gasteiger partial charge in [-0.15, -0.1) is 0 Å². The van der Waals surface area contributed by atoms with E-state index in [0.29, 0.717) is 12.2 Å². The van der Waals surface area contributed by atoms with Crippen LogP contribution >= 0.6 is 0 Å². The molecule has 2 N–H and O–H groups in total. The van der Waals surface area contributed by atoms with Crippen molar-refractivity contribution in [2.24, 2.45) is 0 Å². The second-order valence-electron chi connectivity index (χ2n) is 5.10. The van der Waals surface area contributed by atoms with Crippen molar-refractivity contribution < 1.29 is 19.4 Å². The van der Waals surface area contributed by atoms with Gasteiger partial charge in [-0.1, -0.05) is 19.1 Å². The molecule has 0 heterocycles. The van der Waals surface area contributed by atoms with Crippen molar-refractivity contribution in [1.29, 1.82) is 0 Å². The summed E-state index contributed by atoms with van der Waals surface area (Å²) >= 11 is 0. The van der Waals surface area contributed by atoms with E-state index in [2.05, 4.69) is 5.32 Å². The number of amides is 1. The number of carboxylic acids is 1. The fourth-order valence-corrected chi connectivity index (χ4v) is 1.64. The van der Waals surface area contributed by atoms with Gasteiger partial charge in [0.05, 0.1) is 0 Å². The van der Waals surface area contributed by atoms with Crippen LogP contribution in [0.2, 0.25) is 0 Å². The van der Waals surface area contributed by atoms with Crippen LogP contribution in [0.3, 0.4) is 0 Å². The lowest BCUT2D eigenvalue weighted by molar-refractivity contribution is -0.147. The number of rotatable bonds is 6. The van der Waals surface area contributed by atoms with E-state index in [4.69, 9.17) is 9.84 Å². The predicted octanol–water partition coefficient (Wildman–Crippen LogP) is 2.05. The first-order valence-electron chi connectivity index (χ1n) is 6.53. The summed E-state index contributed by atoms with van der Waals surface area (Å²) in [4.78, 5) is 22.9. The van der Waals surface area contributed by atoms with Gasteiger partial charge in [0.1, 0.15) is 11.3 Å². The maximum absolute atomic E-state index is 11.8. The number of carbonyl (C=O) groups is 2. The molecule has 1 rings (SSSR count). The summed E-state index contributed by atoms with van der Waals surface area (Å²) in [7, 11) is 0. The van der Waals surface area contributed by atoms with Gasteiger partial charge < -0.3 is 15.2 Å². The molecule has 5 heteroatoms. The smallest absolute Gasteiger partial charge is 0.329 e. The van der Waals surface area contributed by atoms with E-state index in [0.717, 1.165) is 11.1 Å². The van der Waals surface area contributed by atoms with Gasteiger partial charge in [-0.2, -0.15) is 0 Å². The third kappa shape index (κ3) is 3.98. The summed E-state index contributed by atoms with van der Waals surface area (Å²) in [6, 6.07) is 5.72. The van der Waals surface area contributed by atoms with Crippen LogP contribution in [0.1, 0.15) is 31.4 Å². The number of benzene rings is 1. The van der Waals surface area contributed by atoms with Crippen LogP contribution in [-0.4, -0.2) is 29.1 Å². The summed E-state index contributed by atoms with van der Waals surface area (Å²) in [6.07, 6.45) is 0.303. The molecule has 0 aliphatic heterocycles. The molecule has 1 aromatic rings. The fourth-order valence-electron chi connectivity index (χ4n) is 1.64. The SMILES string of the molecule is CCC(C)(NC(=O)COc1cc(C)ccc1C)C(=O)O. The first-order valence-corrected chi connectivity index (χ1v) is 6.53. The average Bonchev–Trinajstić information content (AvgIpc) is 2.39. The van der Waals surface area contributed by atoms with Gasteiger partial charge in [0.15, 0.2) is 6.61 Å². The maximum atomic E-state index is 11.8. The summed E-state index contributed by atoms with van der Waals surface area (Å²) in [5.41, 5.74) is 0.706. The van der Waals surface area contributed by atoms with Crippen LogP contribution < -0.4 is 10.1 Å². The number of nitrogens with one attached hydrogen (secondary N) is 1. The molecule has 0 saturated heterocycles. The quantitative estimate of drug-likeness (QED) is 0.835. The molecule has 20 heavy (non-hydrogen) atoms. The zero-order valence-corrected chi connectivity index (χ0v) is 12.3. The molecule has 5 nitrogen and oxygen atoms in total. The van der Waals surface area contributed by atoms with E-state index in [9.17, 15) is 9.59 Å². The highest BCUT2D eigenvalue weighted by Gasteiger charge is 2.32. The van der Waals surface area contributed by atoms with E-state index in [-0.39, 0.29) is 6.61 Å². The van der Waals surface area contributed by atoms with Gasteiger partial charge in [0.25, 0.3) is 5.91 Å². The van der Waals surface area contributed by atoms with Crippen molar-refractivity contribution in [2.75, 3.05) is 6.61 Å². The Hall–Kier alpha value is -2.04. The van der Waals surface area contributed by atoms with Gasteiger partial charge in [-0.05, 0) is 44.4 Å². The van der Waals surface area contributed by atoms with Crippen LogP contribution in [-0.2, 0) is 9.59 Å². The van der Waals surface area contributed by atoms with E-state index >= 15 is 0 Å². The maximum Gasteiger partial charge on any atom is 0.329 e. The van der Waals surface area contributed by atoms with Crippen LogP contribution in [0.4, 0.5) is 0 Å². The first-order chi connectivity index (χ1) is 9.28. The highest BCUT2D eigenvalue weighted by Crippen LogP contribution is 2.19. The van der Waals surface area contributed by atoms with Gasteiger partial charge in [0.2, 0.25) is 0 Å². The van der Waals surface area contributed by atoms with Crippen molar-refractivity contribution >= 4 is 11.9 Å². The lowest BCUT2D eigenvalue weighted by atomic mass is 9.99. The van der Waals surface area contributed by atoms with E-state index in [1.54, 1.807) is 6.92 Å². The summed E-state index contributed by atoms with van der Waals surface area (Å²) in [5.74, 6) is -0.869. The second-order valence-corrected chi connectivity index (χ2v) is 5.10. The molecule has 0 aromatic heterocycles. The zero-order valence-electron chi connectivity index (χ0n) is 12.3. The Morgan fingerprint density at radius 3 is 2.55 bits per heavy atom. The summed E-state index contributed by atoms with van der Waals surface area (Å²) in [6.45, 7) is 6.81. The standard InChI is InChI=1S/C15H21NO4/c1-5-15(4,14(18)19)16-13(17)9-20-12-8-10(2)6-7-11(12)3/h6-8H,5,9H2,1-4H3,(H,16,17)(H,18,19). The molecule has 1 amide bonds. The third-order valence-corrected chi connectivity index (χ3v) is 3.30. The Labute approximate surface area is 118 Å². The van der Waals surface area contributed by atoms with Crippen molar-refractivity contribution in [3.05, 3.63) is 29.3 Å². The van der Waals surface area contributed by atoms with Crippen molar-refractivity contribution in [3.63, 3.8) is 0 Å². The number of hydrogen-bond acceptors (Lipinski definition) is 3. The highest BCUT2D eigenvalue weighted by atomic mass is 16.5. The second kappa shape index (κ2) is 6.41. The first kappa shape index (κ1) is 16.0. The van der Waals surface area contributed by atoms with E-state index in [1.165, 1.54) is 6.92 Å². The minimum Gasteiger partial charge on any atom is -0.483 e. The molecule has 110 valence electrons. The molecule has 0 saturated carbocycles. The molecule has 1 atom stereocenters. The number of carbonyl (C=O) groups excluding carboxylic acids is 1. The van der Waals surface area contributed by atoms with Crippen molar-refractivity contribution in [2.45, 2.75) is 39.7 Å². The number of aryl methyl sites for hydroxylation is 2. The Kier molecular flexibility index (Phi) is 5.13. The molecule has 0 radical (unpaired) electrons. The van der Waals surface area contributed by atoms with Crippen LogP contribution in [0.25, 0.3) is 0 Å². The topological polar surface area (TPSA) is 75.6 Å². The Morgan fingerprint density at radius 2 is 2.00 bits per heavy atom. The highest BCUT2D eigenvalue weighted by molar-refractivity contribution is 5.87. The predicted molar refractivity (Wildman–Crippen MR) is 75.9 cm³/mol. The van der Waals surface area contributed by atoms with Gasteiger partial charge in [0, 0.05) is 0 Å². The number of hydrogen-bond donors (Lipinski definition) is 2. The van der Waals surface area contributed by atoms with Crippen molar-refractivity contribution in [1.82, 2.24) is 5.32 Å². The number of ether oxygens (including phenoxy) is 1. The van der Waals surface area contributed by atoms with E-state index < -0.39 is 17.4 Å². The normalized spacial score (nSPS) is 13.4. The Balaban J connectivity index is 2.64. The fraction of sp³-hybridized carbons (Fsp3) is 0.467. The lowest BCUT2D eigenvalue weighted by Crippen LogP contribution is -2.53. The van der Waals surface area contributed by atoms with Crippen molar-refractivity contribution in [3.8, 4) is 5.75 Å². The molecule has 0 aliphatic rings. The minimum absolute atomic E-state index is 0.201. The third-order valence-electron chi connectivity index (χ3n) is 3.30. The monoisotopic (exact) mass is 279 g/mol. The lowest BCUT2D eigenvalue weighted by Gasteiger charge is -2.24. The van der Waals surface area contributed by atoms with Crippen LogP contribution in [0.5, 0.6) is 5.75 Å². The average molecular weight is 279 g/mol. The number of aliphatic carboxylic acids is 1. The molecule has 1 unspecified atom stereocenters. The molecule has 1 aromatic carbocycles. The Morgan fingerprint density at radius 1 is 1.35 bits per heavy atom. The van der Waals surface area contributed by atoms with Crippen LogP contribution in [0, 0.1) is 13.8 Å². The molecule has 0 spiro atoms.